The Morgan fingerprint density at radius 2 is 1.92 bits per heavy atom. The number of nitrogens with zero attached hydrogens (tertiary/aromatic N) is 3. The predicted octanol–water partition coefficient (Wildman–Crippen LogP) is 3.66. The van der Waals surface area contributed by atoms with Crippen LogP contribution in [0, 0.1) is 0 Å². The van der Waals surface area contributed by atoms with Gasteiger partial charge in [0.25, 0.3) is 0 Å². The highest BCUT2D eigenvalue weighted by atomic mass is 32.2. The lowest BCUT2D eigenvalue weighted by molar-refractivity contribution is -0.117. The summed E-state index contributed by atoms with van der Waals surface area (Å²) in [5.41, 5.74) is 3.04. The average Bonchev–Trinajstić information content (AvgIpc) is 3.17. The monoisotopic (exact) mass is 366 g/mol. The van der Waals surface area contributed by atoms with Crippen LogP contribution < -0.4 is 5.32 Å². The molecular weight excluding hydrogens is 344 g/mol. The number of aromatic nitrogens is 2. The minimum absolute atomic E-state index is 0.0119. The first kappa shape index (κ1) is 18.2. The maximum Gasteiger partial charge on any atom is 0.238 e. The Balaban J connectivity index is 1.55. The standard InChI is InChI=1S/C20H22N4OS/c1-23(15-20(25)22-18-6-3-4-7-19(18)26-2)14-16-8-10-17(11-9-16)24-13-5-12-21-24/h3-13H,14-15H2,1-2H3,(H,22,25). The zero-order valence-corrected chi connectivity index (χ0v) is 15.7. The van der Waals surface area contributed by atoms with Crippen molar-refractivity contribution in [1.29, 1.82) is 0 Å². The van der Waals surface area contributed by atoms with E-state index in [4.69, 9.17) is 0 Å². The zero-order chi connectivity index (χ0) is 18.4. The highest BCUT2D eigenvalue weighted by molar-refractivity contribution is 7.98. The number of anilines is 1. The molecule has 0 unspecified atom stereocenters. The van der Waals surface area contributed by atoms with Crippen molar-refractivity contribution in [2.75, 3.05) is 25.2 Å². The van der Waals surface area contributed by atoms with Gasteiger partial charge in [0.15, 0.2) is 0 Å². The number of likely N-dealkylation sites (N-methyl/N-ethyl adjacent to an activating group) is 1. The number of amides is 1. The van der Waals surface area contributed by atoms with Crippen molar-refractivity contribution in [3.8, 4) is 5.69 Å². The van der Waals surface area contributed by atoms with E-state index in [1.165, 1.54) is 0 Å². The summed E-state index contributed by atoms with van der Waals surface area (Å²) in [4.78, 5) is 15.4. The van der Waals surface area contributed by atoms with Crippen LogP contribution in [0.3, 0.4) is 0 Å². The van der Waals surface area contributed by atoms with E-state index in [0.29, 0.717) is 13.1 Å². The molecule has 0 spiro atoms. The molecule has 1 aromatic heterocycles. The number of para-hydroxylation sites is 1. The lowest BCUT2D eigenvalue weighted by Crippen LogP contribution is -2.30. The average molecular weight is 366 g/mol. The normalized spacial score (nSPS) is 10.9. The van der Waals surface area contributed by atoms with E-state index < -0.39 is 0 Å². The fraction of sp³-hybridized carbons (Fsp3) is 0.200. The van der Waals surface area contributed by atoms with Gasteiger partial charge >= 0.3 is 0 Å². The van der Waals surface area contributed by atoms with Crippen molar-refractivity contribution in [3.63, 3.8) is 0 Å². The van der Waals surface area contributed by atoms with E-state index in [1.807, 2.05) is 71.5 Å². The molecule has 1 amide bonds. The molecule has 1 heterocycles. The van der Waals surface area contributed by atoms with E-state index in [-0.39, 0.29) is 5.91 Å². The summed E-state index contributed by atoms with van der Waals surface area (Å²) in [6, 6.07) is 17.9. The second-order valence-electron chi connectivity index (χ2n) is 6.04. The zero-order valence-electron chi connectivity index (χ0n) is 14.9. The molecule has 0 atom stereocenters. The lowest BCUT2D eigenvalue weighted by atomic mass is 10.2. The van der Waals surface area contributed by atoms with Gasteiger partial charge in [-0.15, -0.1) is 11.8 Å². The number of carbonyl (C=O) groups excluding carboxylic acids is 1. The van der Waals surface area contributed by atoms with Crippen molar-refractivity contribution in [1.82, 2.24) is 14.7 Å². The molecular formula is C20H22N4OS. The first-order chi connectivity index (χ1) is 12.7. The van der Waals surface area contributed by atoms with E-state index >= 15 is 0 Å². The molecule has 0 saturated heterocycles. The van der Waals surface area contributed by atoms with E-state index in [2.05, 4.69) is 22.5 Å². The highest BCUT2D eigenvalue weighted by Gasteiger charge is 2.10. The van der Waals surface area contributed by atoms with Crippen LogP contribution in [0.2, 0.25) is 0 Å². The number of hydrogen-bond donors (Lipinski definition) is 1. The van der Waals surface area contributed by atoms with Gasteiger partial charge in [-0.1, -0.05) is 24.3 Å². The molecule has 2 aromatic carbocycles. The van der Waals surface area contributed by atoms with Crippen molar-refractivity contribution >= 4 is 23.4 Å². The first-order valence-electron chi connectivity index (χ1n) is 8.36. The molecule has 0 radical (unpaired) electrons. The molecule has 134 valence electrons. The largest absolute Gasteiger partial charge is 0.324 e. The van der Waals surface area contributed by atoms with Gasteiger partial charge in [0, 0.05) is 23.8 Å². The van der Waals surface area contributed by atoms with Gasteiger partial charge in [0.05, 0.1) is 17.9 Å². The van der Waals surface area contributed by atoms with Gasteiger partial charge in [-0.3, -0.25) is 9.69 Å². The summed E-state index contributed by atoms with van der Waals surface area (Å²) in [6.07, 6.45) is 5.68. The highest BCUT2D eigenvalue weighted by Crippen LogP contribution is 2.24. The molecule has 0 fully saturated rings. The quantitative estimate of drug-likeness (QED) is 0.648. The van der Waals surface area contributed by atoms with Crippen LogP contribution >= 0.6 is 11.8 Å². The molecule has 5 nitrogen and oxygen atoms in total. The number of rotatable bonds is 7. The first-order valence-corrected chi connectivity index (χ1v) is 9.58. The van der Waals surface area contributed by atoms with Gasteiger partial charge in [0.2, 0.25) is 5.91 Å². The molecule has 0 bridgehead atoms. The fourth-order valence-corrected chi connectivity index (χ4v) is 3.28. The topological polar surface area (TPSA) is 50.2 Å². The summed E-state index contributed by atoms with van der Waals surface area (Å²) in [5, 5.41) is 7.21. The number of carbonyl (C=O) groups is 1. The van der Waals surface area contributed by atoms with Gasteiger partial charge in [-0.2, -0.15) is 5.10 Å². The Bertz CT molecular complexity index is 847. The van der Waals surface area contributed by atoms with Crippen LogP contribution in [0.1, 0.15) is 5.56 Å². The fourth-order valence-electron chi connectivity index (χ4n) is 2.73. The minimum atomic E-state index is -0.0119. The van der Waals surface area contributed by atoms with Crippen molar-refractivity contribution in [3.05, 3.63) is 72.6 Å². The maximum absolute atomic E-state index is 12.3. The molecule has 6 heteroatoms. The Labute approximate surface area is 158 Å². The van der Waals surface area contributed by atoms with Crippen molar-refractivity contribution in [2.45, 2.75) is 11.4 Å². The number of hydrogen-bond acceptors (Lipinski definition) is 4. The molecule has 0 aliphatic heterocycles. The summed E-state index contributed by atoms with van der Waals surface area (Å²) in [6.45, 7) is 1.04. The smallest absolute Gasteiger partial charge is 0.238 e. The van der Waals surface area contributed by atoms with Crippen LogP contribution in [-0.2, 0) is 11.3 Å². The third-order valence-corrected chi connectivity index (χ3v) is 4.75. The van der Waals surface area contributed by atoms with E-state index in [1.54, 1.807) is 18.0 Å². The molecule has 26 heavy (non-hydrogen) atoms. The maximum atomic E-state index is 12.3. The van der Waals surface area contributed by atoms with Crippen LogP contribution in [-0.4, -0.2) is 40.4 Å². The number of benzene rings is 2. The SMILES string of the molecule is CSc1ccccc1NC(=O)CN(C)Cc1ccc(-n2cccn2)cc1. The van der Waals surface area contributed by atoms with Crippen LogP contribution in [0.15, 0.2) is 71.9 Å². The van der Waals surface area contributed by atoms with Crippen molar-refractivity contribution < 1.29 is 4.79 Å². The molecule has 3 aromatic rings. The Morgan fingerprint density at radius 3 is 2.62 bits per heavy atom. The third kappa shape index (κ3) is 4.74. The summed E-state index contributed by atoms with van der Waals surface area (Å²) in [5.74, 6) is -0.0119. The molecule has 3 rings (SSSR count). The Hall–Kier alpha value is -2.57. The van der Waals surface area contributed by atoms with Gasteiger partial charge < -0.3 is 5.32 Å². The van der Waals surface area contributed by atoms with Gasteiger partial charge in [-0.05, 0) is 49.2 Å². The van der Waals surface area contributed by atoms with E-state index in [0.717, 1.165) is 21.8 Å². The molecule has 0 aliphatic rings. The minimum Gasteiger partial charge on any atom is -0.324 e. The van der Waals surface area contributed by atoms with Gasteiger partial charge in [0.1, 0.15) is 0 Å². The van der Waals surface area contributed by atoms with Crippen LogP contribution in [0.25, 0.3) is 5.69 Å². The summed E-state index contributed by atoms with van der Waals surface area (Å²) >= 11 is 1.62. The predicted molar refractivity (Wildman–Crippen MR) is 107 cm³/mol. The molecule has 1 N–H and O–H groups in total. The second-order valence-corrected chi connectivity index (χ2v) is 6.89. The van der Waals surface area contributed by atoms with Crippen LogP contribution in [0.5, 0.6) is 0 Å². The summed E-state index contributed by atoms with van der Waals surface area (Å²) in [7, 11) is 1.95. The Kier molecular flexibility index (Phi) is 6.09. The van der Waals surface area contributed by atoms with Crippen LogP contribution in [0.4, 0.5) is 5.69 Å². The molecule has 0 aliphatic carbocycles. The second kappa shape index (κ2) is 8.69. The van der Waals surface area contributed by atoms with Gasteiger partial charge in [-0.25, -0.2) is 4.68 Å². The lowest BCUT2D eigenvalue weighted by Gasteiger charge is -2.17. The molecule has 0 saturated carbocycles. The summed E-state index contributed by atoms with van der Waals surface area (Å²) < 4.78 is 1.82. The van der Waals surface area contributed by atoms with Crippen molar-refractivity contribution in [2.24, 2.45) is 0 Å². The third-order valence-electron chi connectivity index (χ3n) is 3.95. The Morgan fingerprint density at radius 1 is 1.15 bits per heavy atom. The van der Waals surface area contributed by atoms with E-state index in [9.17, 15) is 4.79 Å². The number of nitrogens with one attached hydrogen (secondary N) is 1. The number of thioether (sulfide) groups is 1.